The van der Waals surface area contributed by atoms with Crippen molar-refractivity contribution in [3.05, 3.63) is 23.8 Å². The molecule has 1 aromatic carbocycles. The smallest absolute Gasteiger partial charge is 0.323 e. The van der Waals surface area contributed by atoms with E-state index in [4.69, 9.17) is 14.6 Å². The van der Waals surface area contributed by atoms with Crippen LogP contribution in [0, 0.1) is 0 Å². The van der Waals surface area contributed by atoms with E-state index in [9.17, 15) is 9.59 Å². The molecule has 0 aliphatic heterocycles. The fraction of sp³-hybridized carbons (Fsp3) is 0.385. The second kappa shape index (κ2) is 6.63. The number of hydrogen-bond donors (Lipinski definition) is 1. The van der Waals surface area contributed by atoms with Crippen LogP contribution in [-0.4, -0.2) is 49.2 Å². The van der Waals surface area contributed by atoms with Gasteiger partial charge < -0.3 is 19.5 Å². The van der Waals surface area contributed by atoms with Crippen molar-refractivity contribution in [3.63, 3.8) is 0 Å². The second-order valence-electron chi connectivity index (χ2n) is 3.81. The van der Waals surface area contributed by atoms with Crippen molar-refractivity contribution in [1.29, 1.82) is 0 Å². The third kappa shape index (κ3) is 3.87. The highest BCUT2D eigenvalue weighted by Gasteiger charge is 2.18. The lowest BCUT2D eigenvalue weighted by Crippen LogP contribution is -2.35. The Morgan fingerprint density at radius 2 is 1.68 bits per heavy atom. The number of carboxylic acids is 1. The molecule has 19 heavy (non-hydrogen) atoms. The minimum atomic E-state index is -1.05. The number of likely N-dealkylation sites (N-methyl/N-ethyl adjacent to an activating group) is 1. The molecule has 0 saturated carbocycles. The molecule has 0 fully saturated rings. The highest BCUT2D eigenvalue weighted by Crippen LogP contribution is 2.23. The Balaban J connectivity index is 3.06. The lowest BCUT2D eigenvalue weighted by Gasteiger charge is -2.19. The molecule has 0 atom stereocenters. The molecule has 0 bridgehead atoms. The number of hydrogen-bond acceptors (Lipinski definition) is 4. The third-order valence-electron chi connectivity index (χ3n) is 2.59. The van der Waals surface area contributed by atoms with Crippen LogP contribution in [0.15, 0.2) is 18.2 Å². The standard InChI is InChI=1S/C13H17NO5/c1-4-14(8-12(15)16)13(17)9-5-10(18-2)7-11(6-9)19-3/h5-7H,4,8H2,1-3H3,(H,15,16). The minimum absolute atomic E-state index is 0.310. The Bertz CT molecular complexity index is 450. The number of aliphatic carboxylic acids is 1. The van der Waals surface area contributed by atoms with E-state index < -0.39 is 5.97 Å². The van der Waals surface area contributed by atoms with Crippen LogP contribution >= 0.6 is 0 Å². The van der Waals surface area contributed by atoms with Crippen LogP contribution in [0.2, 0.25) is 0 Å². The number of benzene rings is 1. The number of ether oxygens (including phenoxy) is 2. The number of carboxylic acid groups (broad SMARTS) is 1. The first kappa shape index (κ1) is 14.8. The van der Waals surface area contributed by atoms with Crippen LogP contribution in [0.1, 0.15) is 17.3 Å². The Morgan fingerprint density at radius 3 is 2.05 bits per heavy atom. The van der Waals surface area contributed by atoms with Crippen molar-refractivity contribution in [1.82, 2.24) is 4.90 Å². The maximum atomic E-state index is 12.2. The zero-order valence-electron chi connectivity index (χ0n) is 11.2. The van der Waals surface area contributed by atoms with E-state index in [1.807, 2.05) is 0 Å². The van der Waals surface area contributed by atoms with Crippen molar-refractivity contribution in [2.45, 2.75) is 6.92 Å². The van der Waals surface area contributed by atoms with Gasteiger partial charge in [-0.2, -0.15) is 0 Å². The summed E-state index contributed by atoms with van der Waals surface area (Å²) < 4.78 is 10.1. The molecule has 0 aliphatic rings. The fourth-order valence-corrected chi connectivity index (χ4v) is 1.60. The molecule has 0 aromatic heterocycles. The summed E-state index contributed by atoms with van der Waals surface area (Å²) in [6.45, 7) is 1.69. The number of carbonyl (C=O) groups is 2. The molecular weight excluding hydrogens is 250 g/mol. The molecule has 0 aliphatic carbocycles. The summed E-state index contributed by atoms with van der Waals surface area (Å²) in [7, 11) is 2.97. The predicted octanol–water partition coefficient (Wildman–Crippen LogP) is 1.25. The SMILES string of the molecule is CCN(CC(=O)O)C(=O)c1cc(OC)cc(OC)c1. The van der Waals surface area contributed by atoms with E-state index in [1.165, 1.54) is 19.1 Å². The van der Waals surface area contributed by atoms with Crippen LogP contribution < -0.4 is 9.47 Å². The van der Waals surface area contributed by atoms with Crippen molar-refractivity contribution in [2.75, 3.05) is 27.3 Å². The molecule has 1 rings (SSSR count). The molecular formula is C13H17NO5. The number of nitrogens with zero attached hydrogens (tertiary/aromatic N) is 1. The fourth-order valence-electron chi connectivity index (χ4n) is 1.60. The first-order valence-electron chi connectivity index (χ1n) is 5.76. The average molecular weight is 267 g/mol. The summed E-state index contributed by atoms with van der Waals surface area (Å²) in [6, 6.07) is 4.75. The second-order valence-corrected chi connectivity index (χ2v) is 3.81. The van der Waals surface area contributed by atoms with Crippen molar-refractivity contribution in [2.24, 2.45) is 0 Å². The molecule has 6 heteroatoms. The highest BCUT2D eigenvalue weighted by atomic mass is 16.5. The highest BCUT2D eigenvalue weighted by molar-refractivity contribution is 5.96. The lowest BCUT2D eigenvalue weighted by atomic mass is 10.1. The van der Waals surface area contributed by atoms with E-state index in [2.05, 4.69) is 0 Å². The first-order valence-corrected chi connectivity index (χ1v) is 5.76. The van der Waals surface area contributed by atoms with Crippen LogP contribution in [-0.2, 0) is 4.79 Å². The van der Waals surface area contributed by atoms with Gasteiger partial charge in [0.15, 0.2) is 0 Å². The summed E-state index contributed by atoms with van der Waals surface area (Å²) in [6.07, 6.45) is 0. The molecule has 6 nitrogen and oxygen atoms in total. The largest absolute Gasteiger partial charge is 0.497 e. The van der Waals surface area contributed by atoms with Gasteiger partial charge in [0.2, 0.25) is 0 Å². The molecule has 0 spiro atoms. The topological polar surface area (TPSA) is 76.1 Å². The zero-order chi connectivity index (χ0) is 14.4. The van der Waals surface area contributed by atoms with Crippen molar-refractivity contribution < 1.29 is 24.2 Å². The van der Waals surface area contributed by atoms with Gasteiger partial charge in [-0.25, -0.2) is 0 Å². The summed E-state index contributed by atoms with van der Waals surface area (Å²) in [5.74, 6) is -0.463. The predicted molar refractivity (Wildman–Crippen MR) is 68.8 cm³/mol. The third-order valence-corrected chi connectivity index (χ3v) is 2.59. The first-order chi connectivity index (χ1) is 9.01. The van der Waals surface area contributed by atoms with Crippen molar-refractivity contribution >= 4 is 11.9 Å². The lowest BCUT2D eigenvalue weighted by molar-refractivity contribution is -0.137. The molecule has 0 unspecified atom stereocenters. The molecule has 0 radical (unpaired) electrons. The number of rotatable bonds is 6. The molecule has 1 amide bonds. The van der Waals surface area contributed by atoms with Gasteiger partial charge in [-0.05, 0) is 19.1 Å². The molecule has 1 aromatic rings. The molecule has 0 saturated heterocycles. The van der Waals surface area contributed by atoms with Crippen LogP contribution in [0.25, 0.3) is 0 Å². The summed E-state index contributed by atoms with van der Waals surface area (Å²) >= 11 is 0. The summed E-state index contributed by atoms with van der Waals surface area (Å²) in [5, 5.41) is 8.77. The summed E-state index contributed by atoms with van der Waals surface area (Å²) in [4.78, 5) is 24.1. The normalized spacial score (nSPS) is 9.84. The Labute approximate surface area is 111 Å². The van der Waals surface area contributed by atoms with E-state index in [0.717, 1.165) is 0 Å². The van der Waals surface area contributed by atoms with Gasteiger partial charge in [-0.15, -0.1) is 0 Å². The van der Waals surface area contributed by atoms with Gasteiger partial charge in [-0.1, -0.05) is 0 Å². The van der Waals surface area contributed by atoms with Gasteiger partial charge >= 0.3 is 5.97 Å². The monoisotopic (exact) mass is 267 g/mol. The molecule has 0 heterocycles. The molecule has 104 valence electrons. The zero-order valence-corrected chi connectivity index (χ0v) is 11.2. The van der Waals surface area contributed by atoms with E-state index >= 15 is 0 Å². The average Bonchev–Trinajstić information content (AvgIpc) is 2.42. The maximum absolute atomic E-state index is 12.2. The Kier molecular flexibility index (Phi) is 5.17. The summed E-state index contributed by atoms with van der Waals surface area (Å²) in [5.41, 5.74) is 0.333. The van der Waals surface area contributed by atoms with Gasteiger partial charge in [-0.3, -0.25) is 9.59 Å². The van der Waals surface area contributed by atoms with Gasteiger partial charge in [0.05, 0.1) is 14.2 Å². The van der Waals surface area contributed by atoms with Gasteiger partial charge in [0.1, 0.15) is 18.0 Å². The van der Waals surface area contributed by atoms with E-state index in [1.54, 1.807) is 25.1 Å². The van der Waals surface area contributed by atoms with Crippen LogP contribution in [0.3, 0.4) is 0 Å². The Morgan fingerprint density at radius 1 is 1.16 bits per heavy atom. The Hall–Kier alpha value is -2.24. The van der Waals surface area contributed by atoms with Gasteiger partial charge in [0, 0.05) is 18.2 Å². The van der Waals surface area contributed by atoms with Crippen LogP contribution in [0.4, 0.5) is 0 Å². The number of methoxy groups -OCH3 is 2. The van der Waals surface area contributed by atoms with E-state index in [0.29, 0.717) is 23.6 Å². The van der Waals surface area contributed by atoms with Gasteiger partial charge in [0.25, 0.3) is 5.91 Å². The van der Waals surface area contributed by atoms with E-state index in [-0.39, 0.29) is 12.5 Å². The number of amides is 1. The number of carbonyl (C=O) groups excluding carboxylic acids is 1. The molecule has 1 N–H and O–H groups in total. The van der Waals surface area contributed by atoms with Crippen LogP contribution in [0.5, 0.6) is 11.5 Å². The minimum Gasteiger partial charge on any atom is -0.497 e. The van der Waals surface area contributed by atoms with Crippen molar-refractivity contribution in [3.8, 4) is 11.5 Å². The maximum Gasteiger partial charge on any atom is 0.323 e. The quantitative estimate of drug-likeness (QED) is 0.839.